The van der Waals surface area contributed by atoms with Crippen molar-refractivity contribution in [2.75, 3.05) is 0 Å². The number of rotatable bonds is 5. The molecular formula is C19H24N2O2. The molecule has 1 heterocycles. The van der Waals surface area contributed by atoms with E-state index < -0.39 is 0 Å². The molecule has 3 rings (SSSR count). The van der Waals surface area contributed by atoms with E-state index >= 15 is 0 Å². The maximum absolute atomic E-state index is 12.1. The smallest absolute Gasteiger partial charge is 0.220 e. The topological polar surface area (TPSA) is 55.1 Å². The number of carbonyl (C=O) groups excluding carboxylic acids is 1. The van der Waals surface area contributed by atoms with Gasteiger partial charge in [-0.05, 0) is 32.3 Å². The Morgan fingerprint density at radius 3 is 2.91 bits per heavy atom. The summed E-state index contributed by atoms with van der Waals surface area (Å²) in [7, 11) is 0. The molecule has 4 nitrogen and oxygen atoms in total. The minimum atomic E-state index is 0.133. The van der Waals surface area contributed by atoms with Gasteiger partial charge in [0.25, 0.3) is 0 Å². The third kappa shape index (κ3) is 4.21. The highest BCUT2D eigenvalue weighted by Gasteiger charge is 2.17. The highest BCUT2D eigenvalue weighted by molar-refractivity contribution is 5.77. The summed E-state index contributed by atoms with van der Waals surface area (Å²) in [5, 5.41) is 7.27. The maximum atomic E-state index is 12.1. The molecule has 1 aliphatic rings. The second kappa shape index (κ2) is 7.44. The van der Waals surface area contributed by atoms with Gasteiger partial charge in [0, 0.05) is 23.6 Å². The predicted molar refractivity (Wildman–Crippen MR) is 90.0 cm³/mol. The highest BCUT2D eigenvalue weighted by atomic mass is 16.5. The first-order chi connectivity index (χ1) is 11.2. The van der Waals surface area contributed by atoms with Crippen molar-refractivity contribution in [2.24, 2.45) is 0 Å². The Hall–Kier alpha value is -2.10. The molecule has 4 heteroatoms. The third-order valence-electron chi connectivity index (χ3n) is 4.53. The summed E-state index contributed by atoms with van der Waals surface area (Å²) in [6.45, 7) is 2.06. The Morgan fingerprint density at radius 2 is 2.13 bits per heavy atom. The van der Waals surface area contributed by atoms with Gasteiger partial charge >= 0.3 is 0 Å². The number of amides is 1. The number of aromatic nitrogens is 1. The zero-order valence-corrected chi connectivity index (χ0v) is 13.7. The molecule has 0 spiro atoms. The van der Waals surface area contributed by atoms with Crippen molar-refractivity contribution >= 4 is 5.91 Å². The van der Waals surface area contributed by atoms with Gasteiger partial charge in [0.05, 0.1) is 0 Å². The quantitative estimate of drug-likeness (QED) is 0.907. The summed E-state index contributed by atoms with van der Waals surface area (Å²) >= 11 is 0. The summed E-state index contributed by atoms with van der Waals surface area (Å²) in [5.74, 6) is 0.133. The largest absolute Gasteiger partial charge is 0.364 e. The van der Waals surface area contributed by atoms with Crippen molar-refractivity contribution in [1.29, 1.82) is 0 Å². The predicted octanol–water partition coefficient (Wildman–Crippen LogP) is 4.03. The van der Waals surface area contributed by atoms with Crippen molar-refractivity contribution in [1.82, 2.24) is 10.5 Å². The van der Waals surface area contributed by atoms with Gasteiger partial charge in [-0.25, -0.2) is 0 Å². The van der Waals surface area contributed by atoms with Crippen LogP contribution in [0.15, 0.2) is 35.1 Å². The van der Waals surface area contributed by atoms with E-state index in [1.54, 1.807) is 6.26 Å². The molecule has 0 atom stereocenters. The average molecular weight is 312 g/mol. The molecule has 122 valence electrons. The summed E-state index contributed by atoms with van der Waals surface area (Å²) < 4.78 is 5.14. The van der Waals surface area contributed by atoms with Crippen LogP contribution in [0.25, 0.3) is 11.3 Å². The molecular weight excluding hydrogens is 288 g/mol. The van der Waals surface area contributed by atoms with Crippen LogP contribution in [-0.4, -0.2) is 17.1 Å². The van der Waals surface area contributed by atoms with Gasteiger partial charge in [-0.2, -0.15) is 0 Å². The third-order valence-corrected chi connectivity index (χ3v) is 4.53. The minimum absolute atomic E-state index is 0.133. The van der Waals surface area contributed by atoms with Gasteiger partial charge in [-0.1, -0.05) is 48.2 Å². The summed E-state index contributed by atoms with van der Waals surface area (Å²) in [4.78, 5) is 12.1. The van der Waals surface area contributed by atoms with Gasteiger partial charge in [0.2, 0.25) is 5.91 Å². The van der Waals surface area contributed by atoms with Crippen molar-refractivity contribution in [3.63, 3.8) is 0 Å². The summed E-state index contributed by atoms with van der Waals surface area (Å²) in [6, 6.07) is 8.55. The number of nitrogens with one attached hydrogen (secondary N) is 1. The number of benzene rings is 1. The Morgan fingerprint density at radius 1 is 1.30 bits per heavy atom. The van der Waals surface area contributed by atoms with E-state index in [1.165, 1.54) is 24.8 Å². The standard InChI is InChI=1S/C19H24N2O2/c1-14-6-5-7-15(12-14)19-16(13-23-21-19)10-11-18(22)20-17-8-3-2-4-9-17/h5-7,12-13,17H,2-4,8-11H2,1H3,(H,20,22). The first-order valence-electron chi connectivity index (χ1n) is 8.52. The Balaban J connectivity index is 1.58. The van der Waals surface area contributed by atoms with E-state index in [0.717, 1.165) is 29.7 Å². The van der Waals surface area contributed by atoms with Gasteiger partial charge in [0.1, 0.15) is 12.0 Å². The lowest BCUT2D eigenvalue weighted by Gasteiger charge is -2.22. The molecule has 1 aromatic heterocycles. The van der Waals surface area contributed by atoms with Gasteiger partial charge in [0.15, 0.2) is 0 Å². The summed E-state index contributed by atoms with van der Waals surface area (Å²) in [6.07, 6.45) is 8.80. The van der Waals surface area contributed by atoms with E-state index in [2.05, 4.69) is 29.5 Å². The minimum Gasteiger partial charge on any atom is -0.364 e. The van der Waals surface area contributed by atoms with Gasteiger partial charge < -0.3 is 9.84 Å². The van der Waals surface area contributed by atoms with E-state index in [0.29, 0.717) is 18.9 Å². The highest BCUT2D eigenvalue weighted by Crippen LogP contribution is 2.24. The zero-order valence-electron chi connectivity index (χ0n) is 13.7. The Kier molecular flexibility index (Phi) is 5.11. The van der Waals surface area contributed by atoms with Crippen molar-refractivity contribution in [3.8, 4) is 11.3 Å². The Labute approximate surface area is 137 Å². The van der Waals surface area contributed by atoms with Crippen molar-refractivity contribution in [3.05, 3.63) is 41.7 Å². The van der Waals surface area contributed by atoms with Crippen molar-refractivity contribution < 1.29 is 9.32 Å². The first kappa shape index (κ1) is 15.8. The molecule has 1 aliphatic carbocycles. The molecule has 1 N–H and O–H groups in total. The lowest BCUT2D eigenvalue weighted by atomic mass is 9.95. The van der Waals surface area contributed by atoms with Crippen LogP contribution in [0, 0.1) is 6.92 Å². The second-order valence-corrected chi connectivity index (χ2v) is 6.46. The molecule has 1 fully saturated rings. The van der Waals surface area contributed by atoms with Crippen LogP contribution in [0.3, 0.4) is 0 Å². The number of hydrogen-bond acceptors (Lipinski definition) is 3. The fraction of sp³-hybridized carbons (Fsp3) is 0.474. The molecule has 2 aromatic rings. The van der Waals surface area contributed by atoms with E-state index in [4.69, 9.17) is 4.52 Å². The van der Waals surface area contributed by atoms with Gasteiger partial charge in [-0.3, -0.25) is 4.79 Å². The van der Waals surface area contributed by atoms with E-state index in [9.17, 15) is 4.79 Å². The summed E-state index contributed by atoms with van der Waals surface area (Å²) in [5.41, 5.74) is 4.07. The van der Waals surface area contributed by atoms with Crippen LogP contribution in [0.4, 0.5) is 0 Å². The second-order valence-electron chi connectivity index (χ2n) is 6.46. The van der Waals surface area contributed by atoms with Crippen LogP contribution in [0.2, 0.25) is 0 Å². The molecule has 0 saturated heterocycles. The molecule has 1 aromatic carbocycles. The number of carbonyl (C=O) groups is 1. The Bertz CT molecular complexity index is 657. The molecule has 0 unspecified atom stereocenters. The van der Waals surface area contributed by atoms with Crippen LogP contribution >= 0.6 is 0 Å². The zero-order chi connectivity index (χ0) is 16.1. The van der Waals surface area contributed by atoms with E-state index in [1.807, 2.05) is 12.1 Å². The van der Waals surface area contributed by atoms with Gasteiger partial charge in [-0.15, -0.1) is 0 Å². The SMILES string of the molecule is Cc1cccc(-c2nocc2CCC(=O)NC2CCCCC2)c1. The fourth-order valence-electron chi connectivity index (χ4n) is 3.26. The van der Waals surface area contributed by atoms with Crippen LogP contribution in [-0.2, 0) is 11.2 Å². The van der Waals surface area contributed by atoms with Crippen molar-refractivity contribution in [2.45, 2.75) is 57.9 Å². The van der Waals surface area contributed by atoms with E-state index in [-0.39, 0.29) is 5.91 Å². The number of nitrogens with zero attached hydrogens (tertiary/aromatic N) is 1. The molecule has 1 saturated carbocycles. The molecule has 0 aliphatic heterocycles. The normalized spacial score (nSPS) is 15.5. The molecule has 1 amide bonds. The molecule has 0 bridgehead atoms. The monoisotopic (exact) mass is 312 g/mol. The lowest BCUT2D eigenvalue weighted by molar-refractivity contribution is -0.121. The first-order valence-corrected chi connectivity index (χ1v) is 8.52. The molecule has 0 radical (unpaired) electrons. The lowest BCUT2D eigenvalue weighted by Crippen LogP contribution is -2.36. The fourth-order valence-corrected chi connectivity index (χ4v) is 3.26. The maximum Gasteiger partial charge on any atom is 0.220 e. The van der Waals surface area contributed by atoms with Crippen LogP contribution < -0.4 is 5.32 Å². The number of hydrogen-bond donors (Lipinski definition) is 1. The van der Waals surface area contributed by atoms with Crippen LogP contribution in [0.5, 0.6) is 0 Å². The van der Waals surface area contributed by atoms with Crippen LogP contribution in [0.1, 0.15) is 49.7 Å². The molecule has 23 heavy (non-hydrogen) atoms. The number of aryl methyl sites for hydroxylation is 2. The average Bonchev–Trinajstić information content (AvgIpc) is 3.02.